The smallest absolute Gasteiger partial charge is 0.161 e. The zero-order chi connectivity index (χ0) is 21.5. The van der Waals surface area contributed by atoms with Crippen molar-refractivity contribution in [3.8, 4) is 11.5 Å². The van der Waals surface area contributed by atoms with Gasteiger partial charge in [0.25, 0.3) is 0 Å². The summed E-state index contributed by atoms with van der Waals surface area (Å²) in [6, 6.07) is 5.91. The largest absolute Gasteiger partial charge is 0.493 e. The minimum absolute atomic E-state index is 0.206. The van der Waals surface area contributed by atoms with Gasteiger partial charge in [-0.2, -0.15) is 0 Å². The van der Waals surface area contributed by atoms with Crippen LogP contribution in [0, 0.1) is 6.92 Å². The molecule has 1 saturated heterocycles. The summed E-state index contributed by atoms with van der Waals surface area (Å²) in [6.07, 6.45) is 0.735. The lowest BCUT2D eigenvalue weighted by Crippen LogP contribution is -2.41. The molecule has 2 aromatic rings. The van der Waals surface area contributed by atoms with Gasteiger partial charge in [0.05, 0.1) is 19.8 Å². The molecule has 1 aromatic carbocycles. The lowest BCUT2D eigenvalue weighted by atomic mass is 10.1. The van der Waals surface area contributed by atoms with Crippen molar-refractivity contribution in [3.63, 3.8) is 0 Å². The highest BCUT2D eigenvalue weighted by molar-refractivity contribution is 7.09. The average Bonchev–Trinajstić information content (AvgIpc) is 3.13. The minimum atomic E-state index is -0.586. The number of aliphatic hydroxyl groups is 2. The van der Waals surface area contributed by atoms with E-state index in [9.17, 15) is 10.2 Å². The Morgan fingerprint density at radius 2 is 2.03 bits per heavy atom. The van der Waals surface area contributed by atoms with E-state index in [1.54, 1.807) is 18.4 Å². The van der Waals surface area contributed by atoms with Gasteiger partial charge in [-0.3, -0.25) is 4.90 Å². The number of piperidine rings is 1. The molecule has 0 radical (unpaired) electrons. The Labute approximate surface area is 182 Å². The summed E-state index contributed by atoms with van der Waals surface area (Å²) in [4.78, 5) is 8.90. The second-order valence-electron chi connectivity index (χ2n) is 8.04. The zero-order valence-electron chi connectivity index (χ0n) is 18.1. The SMILES string of the molecule is COc1cc(CN(C)Cc2nc(C)cs2)ccc1OC[C@@H](O)CN1CCC(O)CC1. The van der Waals surface area contributed by atoms with Crippen molar-refractivity contribution in [3.05, 3.63) is 39.8 Å². The highest BCUT2D eigenvalue weighted by atomic mass is 32.1. The fourth-order valence-electron chi connectivity index (χ4n) is 3.64. The molecule has 1 atom stereocenters. The summed E-state index contributed by atoms with van der Waals surface area (Å²) in [5.74, 6) is 1.30. The van der Waals surface area contributed by atoms with Crippen LogP contribution in [0.4, 0.5) is 0 Å². The fraction of sp³-hybridized carbons (Fsp3) is 0.591. The van der Waals surface area contributed by atoms with Gasteiger partial charge >= 0.3 is 0 Å². The molecule has 166 valence electrons. The molecule has 0 spiro atoms. The Morgan fingerprint density at radius 1 is 1.27 bits per heavy atom. The van der Waals surface area contributed by atoms with Gasteiger partial charge in [0.15, 0.2) is 11.5 Å². The van der Waals surface area contributed by atoms with E-state index in [1.807, 2.05) is 25.1 Å². The van der Waals surface area contributed by atoms with Crippen molar-refractivity contribution in [2.24, 2.45) is 0 Å². The zero-order valence-corrected chi connectivity index (χ0v) is 18.9. The molecule has 7 nitrogen and oxygen atoms in total. The van der Waals surface area contributed by atoms with E-state index in [0.717, 1.165) is 55.3 Å². The van der Waals surface area contributed by atoms with Crippen LogP contribution < -0.4 is 9.47 Å². The van der Waals surface area contributed by atoms with Crippen LogP contribution in [0.5, 0.6) is 11.5 Å². The van der Waals surface area contributed by atoms with Gasteiger partial charge < -0.3 is 24.6 Å². The highest BCUT2D eigenvalue weighted by Crippen LogP contribution is 2.29. The molecule has 30 heavy (non-hydrogen) atoms. The van der Waals surface area contributed by atoms with Crippen molar-refractivity contribution in [2.75, 3.05) is 40.4 Å². The van der Waals surface area contributed by atoms with Crippen LogP contribution in [0.3, 0.4) is 0 Å². The number of rotatable bonds is 10. The first-order valence-electron chi connectivity index (χ1n) is 10.4. The monoisotopic (exact) mass is 435 g/mol. The fourth-order valence-corrected chi connectivity index (χ4v) is 4.49. The summed E-state index contributed by atoms with van der Waals surface area (Å²) < 4.78 is 11.3. The van der Waals surface area contributed by atoms with Crippen molar-refractivity contribution < 1.29 is 19.7 Å². The number of aliphatic hydroxyl groups excluding tert-OH is 2. The van der Waals surface area contributed by atoms with E-state index in [4.69, 9.17) is 9.47 Å². The summed E-state index contributed by atoms with van der Waals surface area (Å²) in [5.41, 5.74) is 2.19. The van der Waals surface area contributed by atoms with Gasteiger partial charge in [0.2, 0.25) is 0 Å². The molecule has 0 bridgehead atoms. The second kappa shape index (κ2) is 11.1. The molecule has 1 aromatic heterocycles. The van der Waals surface area contributed by atoms with Crippen molar-refractivity contribution in [1.82, 2.24) is 14.8 Å². The second-order valence-corrected chi connectivity index (χ2v) is 8.98. The van der Waals surface area contributed by atoms with Crippen LogP contribution in [-0.2, 0) is 13.1 Å². The van der Waals surface area contributed by atoms with Crippen molar-refractivity contribution in [2.45, 2.75) is 45.1 Å². The average molecular weight is 436 g/mol. The van der Waals surface area contributed by atoms with Crippen LogP contribution in [0.1, 0.15) is 29.1 Å². The molecule has 2 heterocycles. The van der Waals surface area contributed by atoms with Gasteiger partial charge in [-0.25, -0.2) is 4.98 Å². The topological polar surface area (TPSA) is 78.3 Å². The van der Waals surface area contributed by atoms with Crippen LogP contribution in [0.2, 0.25) is 0 Å². The predicted octanol–water partition coefficient (Wildman–Crippen LogP) is 2.29. The van der Waals surface area contributed by atoms with E-state index in [1.165, 1.54) is 0 Å². The summed E-state index contributed by atoms with van der Waals surface area (Å²) in [7, 11) is 3.70. The maximum atomic E-state index is 10.3. The lowest BCUT2D eigenvalue weighted by Gasteiger charge is -2.30. The summed E-state index contributed by atoms with van der Waals surface area (Å²) in [6.45, 7) is 5.97. The summed E-state index contributed by atoms with van der Waals surface area (Å²) in [5, 5.41) is 23.1. The van der Waals surface area contributed by atoms with E-state index >= 15 is 0 Å². The number of aromatic nitrogens is 1. The first kappa shape index (κ1) is 23.0. The van der Waals surface area contributed by atoms with Crippen molar-refractivity contribution in [1.29, 1.82) is 0 Å². The molecular formula is C22H33N3O4S. The van der Waals surface area contributed by atoms with E-state index in [0.29, 0.717) is 18.0 Å². The standard InChI is InChI=1S/C22H33N3O4S/c1-16-15-30-22(23-16)13-24(2)11-17-4-5-20(21(10-17)28-3)29-14-19(27)12-25-8-6-18(26)7-9-25/h4-5,10,15,18-19,26-27H,6-9,11-14H2,1-3H3/t19-/m0/s1. The molecule has 1 aliphatic heterocycles. The number of methoxy groups -OCH3 is 1. The number of likely N-dealkylation sites (tertiary alicyclic amines) is 1. The number of nitrogens with zero attached hydrogens (tertiary/aromatic N) is 3. The molecule has 0 aliphatic carbocycles. The number of ether oxygens (including phenoxy) is 2. The third-order valence-corrected chi connectivity index (χ3v) is 6.16. The van der Waals surface area contributed by atoms with Gasteiger partial charge in [0.1, 0.15) is 17.7 Å². The van der Waals surface area contributed by atoms with E-state index < -0.39 is 6.10 Å². The maximum Gasteiger partial charge on any atom is 0.161 e. The molecule has 0 amide bonds. The van der Waals surface area contributed by atoms with Crippen LogP contribution >= 0.6 is 11.3 Å². The Balaban J connectivity index is 1.49. The number of β-amino-alcohol motifs (C(OH)–C–C–N with tert-alkyl or cyclic N) is 1. The molecular weight excluding hydrogens is 402 g/mol. The third kappa shape index (κ3) is 6.92. The van der Waals surface area contributed by atoms with Crippen LogP contribution in [0.15, 0.2) is 23.6 Å². The normalized spacial score (nSPS) is 16.7. The van der Waals surface area contributed by atoms with Gasteiger partial charge in [-0.1, -0.05) is 6.07 Å². The molecule has 8 heteroatoms. The molecule has 1 fully saturated rings. The van der Waals surface area contributed by atoms with Crippen molar-refractivity contribution >= 4 is 11.3 Å². The number of aryl methyl sites for hydroxylation is 1. The first-order chi connectivity index (χ1) is 14.4. The number of benzene rings is 1. The molecule has 1 aliphatic rings. The summed E-state index contributed by atoms with van der Waals surface area (Å²) >= 11 is 1.68. The Morgan fingerprint density at radius 3 is 2.70 bits per heavy atom. The van der Waals surface area contributed by atoms with E-state index in [-0.39, 0.29) is 12.7 Å². The number of hydrogen-bond donors (Lipinski definition) is 2. The Kier molecular flexibility index (Phi) is 8.47. The first-order valence-corrected chi connectivity index (χ1v) is 11.3. The van der Waals surface area contributed by atoms with Gasteiger partial charge in [-0.15, -0.1) is 11.3 Å². The predicted molar refractivity (Wildman–Crippen MR) is 118 cm³/mol. The van der Waals surface area contributed by atoms with Gasteiger partial charge in [-0.05, 0) is 44.5 Å². The van der Waals surface area contributed by atoms with Gasteiger partial charge in [0, 0.05) is 37.3 Å². The van der Waals surface area contributed by atoms with Crippen LogP contribution in [0.25, 0.3) is 0 Å². The third-order valence-electron chi connectivity index (χ3n) is 5.21. The molecule has 0 unspecified atom stereocenters. The Bertz CT molecular complexity index is 792. The number of hydrogen-bond acceptors (Lipinski definition) is 8. The van der Waals surface area contributed by atoms with Crippen LogP contribution in [-0.4, -0.2) is 77.6 Å². The minimum Gasteiger partial charge on any atom is -0.493 e. The lowest BCUT2D eigenvalue weighted by molar-refractivity contribution is 0.0333. The molecule has 3 rings (SSSR count). The number of thiazole rings is 1. The maximum absolute atomic E-state index is 10.3. The van der Waals surface area contributed by atoms with E-state index in [2.05, 4.69) is 27.2 Å². The Hall–Kier alpha value is -1.71. The quantitative estimate of drug-likeness (QED) is 0.593. The molecule has 2 N–H and O–H groups in total. The molecule has 0 saturated carbocycles. The highest BCUT2D eigenvalue weighted by Gasteiger charge is 2.20.